The first-order valence-corrected chi connectivity index (χ1v) is 3.64. The molecular weight excluding hydrogens is 128 g/mol. The van der Waals surface area contributed by atoms with Gasteiger partial charge in [0.1, 0.15) is 0 Å². The van der Waals surface area contributed by atoms with E-state index in [1.807, 2.05) is 6.08 Å². The molecule has 1 fully saturated rings. The van der Waals surface area contributed by atoms with E-state index in [4.69, 9.17) is 0 Å². The zero-order chi connectivity index (χ0) is 7.40. The Balaban J connectivity index is 2.37. The maximum absolute atomic E-state index is 9.92. The van der Waals surface area contributed by atoms with E-state index in [2.05, 4.69) is 11.2 Å². The van der Waals surface area contributed by atoms with Crippen molar-refractivity contribution >= 4 is 5.78 Å². The van der Waals surface area contributed by atoms with Crippen molar-refractivity contribution in [3.63, 3.8) is 0 Å². The second-order valence-electron chi connectivity index (χ2n) is 2.70. The molecule has 1 aliphatic carbocycles. The van der Waals surface area contributed by atoms with Gasteiger partial charge in [-0.15, -0.1) is 6.58 Å². The Morgan fingerprint density at radius 3 is 2.50 bits per heavy atom. The standard InChI is InChI=1S/C8H12O2/c1-2-7-3-5-8(10-9)6-4-7/h2,7H,1,3-6H2. The highest BCUT2D eigenvalue weighted by Crippen LogP contribution is 2.21. The molecule has 2 nitrogen and oxygen atoms in total. The van der Waals surface area contributed by atoms with E-state index in [-0.39, 0.29) is 0 Å². The van der Waals surface area contributed by atoms with Crippen LogP contribution in [-0.4, -0.2) is 5.78 Å². The lowest BCUT2D eigenvalue weighted by atomic mass is 9.89. The molecule has 10 heavy (non-hydrogen) atoms. The Hall–Kier alpha value is -0.790. The minimum Gasteiger partial charge on any atom is -0.463 e. The van der Waals surface area contributed by atoms with Crippen LogP contribution in [0.5, 0.6) is 0 Å². The van der Waals surface area contributed by atoms with Crippen molar-refractivity contribution in [1.29, 1.82) is 0 Å². The summed E-state index contributed by atoms with van der Waals surface area (Å²) in [6, 6.07) is 0. The predicted octanol–water partition coefficient (Wildman–Crippen LogP) is 0.743. The molecule has 0 atom stereocenters. The van der Waals surface area contributed by atoms with Crippen LogP contribution in [0.25, 0.3) is 0 Å². The third-order valence-electron chi connectivity index (χ3n) is 2.04. The third kappa shape index (κ3) is 1.59. The molecule has 0 heterocycles. The minimum absolute atomic E-state index is 0.596. The first kappa shape index (κ1) is 7.32. The molecule has 0 aromatic rings. The van der Waals surface area contributed by atoms with Gasteiger partial charge in [-0.3, -0.25) is 0 Å². The largest absolute Gasteiger partial charge is 0.463 e. The van der Waals surface area contributed by atoms with Crippen molar-refractivity contribution in [2.75, 3.05) is 0 Å². The molecule has 1 rings (SSSR count). The van der Waals surface area contributed by atoms with Gasteiger partial charge in [0.15, 0.2) is 0 Å². The van der Waals surface area contributed by atoms with Gasteiger partial charge in [0.2, 0.25) is 0 Å². The van der Waals surface area contributed by atoms with Crippen molar-refractivity contribution in [3.8, 4) is 0 Å². The van der Waals surface area contributed by atoms with Crippen molar-refractivity contribution in [3.05, 3.63) is 12.7 Å². The summed E-state index contributed by atoms with van der Waals surface area (Å²) in [5, 5.41) is 9.92. The molecule has 0 aromatic carbocycles. The van der Waals surface area contributed by atoms with E-state index in [1.54, 1.807) is 0 Å². The zero-order valence-corrected chi connectivity index (χ0v) is 6.01. The summed E-state index contributed by atoms with van der Waals surface area (Å²) >= 11 is 0. The summed E-state index contributed by atoms with van der Waals surface area (Å²) in [6.45, 7) is 3.71. The highest BCUT2D eigenvalue weighted by Gasteiger charge is 2.21. The second kappa shape index (κ2) is 3.40. The Bertz CT molecular complexity index is 139. The smallest absolute Gasteiger partial charge is 0.329 e. The van der Waals surface area contributed by atoms with Gasteiger partial charge >= 0.3 is 5.78 Å². The van der Waals surface area contributed by atoms with Crippen molar-refractivity contribution in [2.24, 2.45) is 5.92 Å². The topological polar surface area (TPSA) is 34.4 Å². The molecule has 0 aromatic heterocycles. The number of rotatable bonds is 1. The van der Waals surface area contributed by atoms with E-state index >= 15 is 0 Å². The molecule has 0 aliphatic heterocycles. The Morgan fingerprint density at radius 2 is 2.10 bits per heavy atom. The van der Waals surface area contributed by atoms with E-state index in [0.717, 1.165) is 25.7 Å². The third-order valence-corrected chi connectivity index (χ3v) is 2.04. The van der Waals surface area contributed by atoms with Gasteiger partial charge in [-0.25, -0.2) is 0 Å². The summed E-state index contributed by atoms with van der Waals surface area (Å²) in [4.78, 5) is 0. The van der Waals surface area contributed by atoms with E-state index in [1.165, 1.54) is 0 Å². The fourth-order valence-electron chi connectivity index (χ4n) is 1.28. The fourth-order valence-corrected chi connectivity index (χ4v) is 1.28. The van der Waals surface area contributed by atoms with Gasteiger partial charge in [-0.1, -0.05) is 6.08 Å². The molecule has 0 radical (unpaired) electrons. The van der Waals surface area contributed by atoms with Crippen LogP contribution in [0.4, 0.5) is 0 Å². The first-order valence-electron chi connectivity index (χ1n) is 3.64. The number of hydrogen-bond acceptors (Lipinski definition) is 1. The zero-order valence-electron chi connectivity index (χ0n) is 6.01. The molecule has 2 heteroatoms. The molecule has 0 bridgehead atoms. The Kier molecular flexibility index (Phi) is 2.49. The Morgan fingerprint density at radius 1 is 1.50 bits per heavy atom. The van der Waals surface area contributed by atoms with E-state index in [9.17, 15) is 5.26 Å². The van der Waals surface area contributed by atoms with Crippen LogP contribution < -0.4 is 5.26 Å². The van der Waals surface area contributed by atoms with Crippen LogP contribution in [0.15, 0.2) is 12.7 Å². The van der Waals surface area contributed by atoms with Crippen LogP contribution in [0.3, 0.4) is 0 Å². The summed E-state index contributed by atoms with van der Waals surface area (Å²) in [5.41, 5.74) is 0. The fraction of sp³-hybridized carbons (Fsp3) is 0.625. The van der Waals surface area contributed by atoms with Crippen molar-refractivity contribution in [1.82, 2.24) is 0 Å². The number of hydrogen-bond donors (Lipinski definition) is 0. The van der Waals surface area contributed by atoms with Gasteiger partial charge in [0.25, 0.3) is 0 Å². The van der Waals surface area contributed by atoms with Crippen LogP contribution in [-0.2, 0) is 4.58 Å². The molecule has 1 saturated carbocycles. The molecule has 0 unspecified atom stereocenters. The molecule has 0 spiro atoms. The summed E-state index contributed by atoms with van der Waals surface area (Å²) in [6.07, 6.45) is 5.66. The van der Waals surface area contributed by atoms with Gasteiger partial charge < -0.3 is 5.26 Å². The minimum atomic E-state index is 0.596. The maximum atomic E-state index is 9.92. The average molecular weight is 140 g/mol. The van der Waals surface area contributed by atoms with Gasteiger partial charge in [-0.2, -0.15) is 4.58 Å². The number of ketones is 1. The summed E-state index contributed by atoms with van der Waals surface area (Å²) in [7, 11) is 0. The lowest BCUT2D eigenvalue weighted by Crippen LogP contribution is -2.17. The predicted molar refractivity (Wildman–Crippen MR) is 37.2 cm³/mol. The molecule has 0 saturated heterocycles. The lowest BCUT2D eigenvalue weighted by Gasteiger charge is -2.13. The average Bonchev–Trinajstić information content (AvgIpc) is 2.05. The maximum Gasteiger partial charge on any atom is 0.329 e. The van der Waals surface area contributed by atoms with Crippen LogP contribution in [0.2, 0.25) is 0 Å². The molecule has 56 valence electrons. The summed E-state index contributed by atoms with van der Waals surface area (Å²) in [5.74, 6) is 1.30. The van der Waals surface area contributed by atoms with Crippen molar-refractivity contribution in [2.45, 2.75) is 25.7 Å². The highest BCUT2D eigenvalue weighted by atomic mass is 17.1. The van der Waals surface area contributed by atoms with Gasteiger partial charge in [-0.05, 0) is 18.8 Å². The molecule has 0 N–H and O–H groups in total. The SMILES string of the molecule is C=CC1CCC(=[O+][O-])CC1. The van der Waals surface area contributed by atoms with Crippen molar-refractivity contribution < 1.29 is 9.83 Å². The lowest BCUT2D eigenvalue weighted by molar-refractivity contribution is -1.05. The molecular formula is C8H12O2. The number of allylic oxidation sites excluding steroid dienone is 1. The van der Waals surface area contributed by atoms with Crippen LogP contribution in [0, 0.1) is 5.92 Å². The normalized spacial score (nSPS) is 26.0. The molecule has 0 amide bonds. The van der Waals surface area contributed by atoms with Gasteiger partial charge in [0.05, 0.1) is 12.8 Å². The van der Waals surface area contributed by atoms with Crippen LogP contribution >= 0.6 is 0 Å². The summed E-state index contributed by atoms with van der Waals surface area (Å²) < 4.78 is 3.92. The van der Waals surface area contributed by atoms with Gasteiger partial charge in [0, 0.05) is 0 Å². The van der Waals surface area contributed by atoms with E-state index < -0.39 is 0 Å². The number of carbonyl (C=O) groups excluding carboxylic acids is 1. The quantitative estimate of drug-likeness (QED) is 0.229. The van der Waals surface area contributed by atoms with E-state index in [0.29, 0.717) is 11.7 Å². The Labute approximate surface area is 60.8 Å². The first-order chi connectivity index (χ1) is 4.86. The second-order valence-corrected chi connectivity index (χ2v) is 2.70. The molecule has 1 aliphatic rings. The van der Waals surface area contributed by atoms with Crippen LogP contribution in [0.1, 0.15) is 25.7 Å². The highest BCUT2D eigenvalue weighted by molar-refractivity contribution is 5.79. The monoisotopic (exact) mass is 140 g/mol.